The van der Waals surface area contributed by atoms with Crippen molar-refractivity contribution in [3.8, 4) is 0 Å². The van der Waals surface area contributed by atoms with Crippen molar-refractivity contribution in [2.75, 3.05) is 18.9 Å². The molecule has 0 aliphatic rings. The molecule has 0 bridgehead atoms. The van der Waals surface area contributed by atoms with Gasteiger partial charge in [-0.1, -0.05) is 23.9 Å². The number of rotatable bonds is 6. The van der Waals surface area contributed by atoms with Gasteiger partial charge in [0, 0.05) is 18.5 Å². The zero-order valence-electron chi connectivity index (χ0n) is 10.7. The molecule has 8 heteroatoms. The van der Waals surface area contributed by atoms with Crippen LogP contribution < -0.4 is 5.32 Å². The molecule has 5 nitrogen and oxygen atoms in total. The van der Waals surface area contributed by atoms with Crippen molar-refractivity contribution in [3.05, 3.63) is 24.3 Å². The standard InChI is InChI=1S/C12H14F2N2O3S/c1-16(7-6-10(17)18)12(19)15-8-4-2-3-5-9(8)20-11(13)14/h2-5,11H,6-7H2,1H3,(H,15,19)(H,17,18). The highest BCUT2D eigenvalue weighted by Crippen LogP contribution is 2.31. The minimum atomic E-state index is -2.59. The van der Waals surface area contributed by atoms with Crippen LogP contribution in [0.4, 0.5) is 19.3 Å². The van der Waals surface area contributed by atoms with Gasteiger partial charge in [-0.2, -0.15) is 8.78 Å². The summed E-state index contributed by atoms with van der Waals surface area (Å²) in [6.07, 6.45) is -0.183. The summed E-state index contributed by atoms with van der Waals surface area (Å²) < 4.78 is 24.8. The number of carboxylic acids is 1. The number of para-hydroxylation sites is 1. The summed E-state index contributed by atoms with van der Waals surface area (Å²) in [7, 11) is 1.43. The van der Waals surface area contributed by atoms with Crippen molar-refractivity contribution in [1.29, 1.82) is 0 Å². The van der Waals surface area contributed by atoms with Crippen LogP contribution in [-0.2, 0) is 4.79 Å². The van der Waals surface area contributed by atoms with E-state index in [1.54, 1.807) is 12.1 Å². The number of halogens is 2. The zero-order valence-corrected chi connectivity index (χ0v) is 11.5. The van der Waals surface area contributed by atoms with Crippen LogP contribution in [0.15, 0.2) is 29.2 Å². The number of aliphatic carboxylic acids is 1. The number of nitrogens with zero attached hydrogens (tertiary/aromatic N) is 1. The van der Waals surface area contributed by atoms with Crippen LogP contribution in [0.25, 0.3) is 0 Å². The number of carbonyl (C=O) groups is 2. The minimum Gasteiger partial charge on any atom is -0.481 e. The molecule has 20 heavy (non-hydrogen) atoms. The molecule has 110 valence electrons. The smallest absolute Gasteiger partial charge is 0.321 e. The van der Waals surface area contributed by atoms with Gasteiger partial charge < -0.3 is 15.3 Å². The van der Waals surface area contributed by atoms with Crippen molar-refractivity contribution in [1.82, 2.24) is 4.90 Å². The first-order valence-electron chi connectivity index (χ1n) is 5.68. The molecule has 1 aromatic rings. The molecule has 0 spiro atoms. The van der Waals surface area contributed by atoms with Crippen LogP contribution >= 0.6 is 11.8 Å². The quantitative estimate of drug-likeness (QED) is 0.793. The Morgan fingerprint density at radius 3 is 2.65 bits per heavy atom. The lowest BCUT2D eigenvalue weighted by atomic mass is 10.3. The van der Waals surface area contributed by atoms with Gasteiger partial charge >= 0.3 is 12.0 Å². The third-order valence-corrected chi connectivity index (χ3v) is 3.14. The first-order chi connectivity index (χ1) is 9.40. The maximum absolute atomic E-state index is 12.4. The molecule has 0 atom stereocenters. The number of carboxylic acid groups (broad SMARTS) is 1. The van der Waals surface area contributed by atoms with Gasteiger partial charge in [-0.05, 0) is 12.1 Å². The van der Waals surface area contributed by atoms with Crippen LogP contribution in [-0.4, -0.2) is 41.4 Å². The number of urea groups is 1. The summed E-state index contributed by atoms with van der Waals surface area (Å²) in [5, 5.41) is 11.0. The van der Waals surface area contributed by atoms with Crippen molar-refractivity contribution in [2.45, 2.75) is 17.1 Å². The summed E-state index contributed by atoms with van der Waals surface area (Å²) in [5.74, 6) is -3.60. The molecule has 0 aromatic heterocycles. The molecule has 0 aliphatic carbocycles. The largest absolute Gasteiger partial charge is 0.481 e. The van der Waals surface area contributed by atoms with Gasteiger partial charge in [0.25, 0.3) is 5.76 Å². The van der Waals surface area contributed by atoms with Gasteiger partial charge in [0.2, 0.25) is 0 Å². The summed E-state index contributed by atoms with van der Waals surface area (Å²) in [5.41, 5.74) is 0.268. The molecule has 0 aliphatic heterocycles. The SMILES string of the molecule is CN(CCC(=O)O)C(=O)Nc1ccccc1SC(F)F. The zero-order chi connectivity index (χ0) is 15.1. The lowest BCUT2D eigenvalue weighted by Gasteiger charge is -2.18. The van der Waals surface area contributed by atoms with E-state index in [1.165, 1.54) is 24.1 Å². The molecule has 0 fully saturated rings. The van der Waals surface area contributed by atoms with Crippen molar-refractivity contribution < 1.29 is 23.5 Å². The molecule has 0 saturated carbocycles. The number of benzene rings is 1. The molecule has 0 saturated heterocycles. The average molecular weight is 304 g/mol. The summed E-state index contributed by atoms with van der Waals surface area (Å²) in [6.45, 7) is 0.0331. The van der Waals surface area contributed by atoms with E-state index in [9.17, 15) is 18.4 Å². The predicted octanol–water partition coefficient (Wildman–Crippen LogP) is 2.94. The van der Waals surface area contributed by atoms with E-state index < -0.39 is 17.8 Å². The number of carbonyl (C=O) groups excluding carboxylic acids is 1. The summed E-state index contributed by atoms with van der Waals surface area (Å²) in [6, 6.07) is 5.64. The second kappa shape index (κ2) is 7.68. The monoisotopic (exact) mass is 304 g/mol. The van der Waals surface area contributed by atoms with Crippen molar-refractivity contribution in [2.24, 2.45) is 0 Å². The van der Waals surface area contributed by atoms with Crippen molar-refractivity contribution in [3.63, 3.8) is 0 Å². The second-order valence-electron chi connectivity index (χ2n) is 3.87. The molecular formula is C12H14F2N2O3S. The molecule has 0 radical (unpaired) electrons. The molecule has 0 unspecified atom stereocenters. The number of anilines is 1. The van der Waals surface area contributed by atoms with E-state index in [4.69, 9.17) is 5.11 Å². The van der Waals surface area contributed by atoms with Crippen molar-refractivity contribution >= 4 is 29.4 Å². The first-order valence-corrected chi connectivity index (χ1v) is 6.56. The summed E-state index contributed by atoms with van der Waals surface area (Å²) >= 11 is 0.336. The number of alkyl halides is 2. The topological polar surface area (TPSA) is 69.6 Å². The number of thioether (sulfide) groups is 1. The maximum Gasteiger partial charge on any atom is 0.321 e. The molecule has 2 N–H and O–H groups in total. The van der Waals surface area contributed by atoms with Crippen LogP contribution in [0.3, 0.4) is 0 Å². The third-order valence-electron chi connectivity index (χ3n) is 2.35. The Bertz CT molecular complexity index is 486. The summed E-state index contributed by atoms with van der Waals surface area (Å²) in [4.78, 5) is 23.6. The van der Waals surface area contributed by atoms with Gasteiger partial charge in [-0.25, -0.2) is 4.79 Å². The fourth-order valence-corrected chi connectivity index (χ4v) is 1.94. The maximum atomic E-state index is 12.4. The number of amides is 2. The fraction of sp³-hybridized carbons (Fsp3) is 0.333. The molecular weight excluding hydrogens is 290 g/mol. The molecule has 1 aromatic carbocycles. The van der Waals surface area contributed by atoms with Gasteiger partial charge in [-0.3, -0.25) is 4.79 Å². The van der Waals surface area contributed by atoms with Crippen LogP contribution in [0.1, 0.15) is 6.42 Å². The Labute approximate surface area is 119 Å². The van der Waals surface area contributed by atoms with E-state index in [0.717, 1.165) is 0 Å². The van der Waals surface area contributed by atoms with Gasteiger partial charge in [0.15, 0.2) is 0 Å². The van der Waals surface area contributed by atoms with Crippen LogP contribution in [0.2, 0.25) is 0 Å². The Kier molecular flexibility index (Phi) is 6.23. The minimum absolute atomic E-state index is 0.0331. The van der Waals surface area contributed by atoms with Gasteiger partial charge in [0.05, 0.1) is 12.1 Å². The Morgan fingerprint density at radius 1 is 1.40 bits per heavy atom. The predicted molar refractivity (Wildman–Crippen MR) is 72.2 cm³/mol. The normalized spacial score (nSPS) is 10.4. The highest BCUT2D eigenvalue weighted by Gasteiger charge is 2.14. The number of hydrogen-bond acceptors (Lipinski definition) is 3. The lowest BCUT2D eigenvalue weighted by molar-refractivity contribution is -0.137. The fourth-order valence-electron chi connectivity index (χ4n) is 1.34. The second-order valence-corrected chi connectivity index (χ2v) is 4.90. The lowest BCUT2D eigenvalue weighted by Crippen LogP contribution is -2.33. The van der Waals surface area contributed by atoms with E-state index in [0.29, 0.717) is 11.8 Å². The highest BCUT2D eigenvalue weighted by molar-refractivity contribution is 7.99. The Hall–Kier alpha value is -1.83. The Balaban J connectivity index is 2.67. The van der Waals surface area contributed by atoms with E-state index in [2.05, 4.69) is 5.32 Å². The number of nitrogens with one attached hydrogen (secondary N) is 1. The average Bonchev–Trinajstić information content (AvgIpc) is 2.37. The van der Waals surface area contributed by atoms with Gasteiger partial charge in [0.1, 0.15) is 0 Å². The van der Waals surface area contributed by atoms with E-state index >= 15 is 0 Å². The molecule has 1 rings (SSSR count). The number of hydrogen-bond donors (Lipinski definition) is 2. The first kappa shape index (κ1) is 16.2. The van der Waals surface area contributed by atoms with Crippen LogP contribution in [0.5, 0.6) is 0 Å². The molecule has 0 heterocycles. The third kappa shape index (κ3) is 5.43. The van der Waals surface area contributed by atoms with Gasteiger partial charge in [-0.15, -0.1) is 0 Å². The van der Waals surface area contributed by atoms with E-state index in [-0.39, 0.29) is 23.5 Å². The highest BCUT2D eigenvalue weighted by atomic mass is 32.2. The van der Waals surface area contributed by atoms with Crippen LogP contribution in [0, 0.1) is 0 Å². The molecule has 2 amide bonds. The Morgan fingerprint density at radius 2 is 2.05 bits per heavy atom. The van der Waals surface area contributed by atoms with E-state index in [1.807, 2.05) is 0 Å².